The molecule has 0 bridgehead atoms. The molecule has 4 atom stereocenters. The Labute approximate surface area is 189 Å². The van der Waals surface area contributed by atoms with Crippen molar-refractivity contribution in [1.29, 1.82) is 0 Å². The van der Waals surface area contributed by atoms with Gasteiger partial charge in [0.15, 0.2) is 0 Å². The second-order valence-electron chi connectivity index (χ2n) is 6.79. The van der Waals surface area contributed by atoms with E-state index in [9.17, 15) is 35.1 Å². The summed E-state index contributed by atoms with van der Waals surface area (Å²) >= 11 is 0. The molecule has 0 spiro atoms. The van der Waals surface area contributed by atoms with Crippen molar-refractivity contribution >= 4 is 45.7 Å². The van der Waals surface area contributed by atoms with Crippen LogP contribution in [0.4, 0.5) is 35.1 Å². The molecular formula is C13H28F8O6Si5. The maximum atomic E-state index is 12.8. The Morgan fingerprint density at radius 3 is 1.62 bits per heavy atom. The lowest BCUT2D eigenvalue weighted by atomic mass is 10.4. The Morgan fingerprint density at radius 1 is 0.844 bits per heavy atom. The smallest absolute Gasteiger partial charge is 0.334 e. The molecule has 0 radical (unpaired) electrons. The fourth-order valence-electron chi connectivity index (χ4n) is 2.54. The average molecular weight is 573 g/mol. The summed E-state index contributed by atoms with van der Waals surface area (Å²) in [6, 6.07) is 0.487. The molecule has 32 heavy (non-hydrogen) atoms. The number of rotatable bonds is 7. The Bertz CT molecular complexity index is 545. The van der Waals surface area contributed by atoms with Crippen LogP contribution in [-0.4, -0.2) is 71.3 Å². The molecule has 192 valence electrons. The Kier molecular flexibility index (Phi) is 15.1. The van der Waals surface area contributed by atoms with Gasteiger partial charge in [0.2, 0.25) is 0 Å². The van der Waals surface area contributed by atoms with Gasteiger partial charge in [-0.15, -0.1) is 0 Å². The van der Waals surface area contributed by atoms with Crippen molar-refractivity contribution in [2.75, 3.05) is 13.2 Å². The topological polar surface area (TPSA) is 55.4 Å². The van der Waals surface area contributed by atoms with E-state index in [0.717, 1.165) is 0 Å². The van der Waals surface area contributed by atoms with Crippen LogP contribution in [0.5, 0.6) is 0 Å². The summed E-state index contributed by atoms with van der Waals surface area (Å²) in [5.74, 6) is -4.13. The lowest BCUT2D eigenvalue weighted by Crippen LogP contribution is -2.52. The third kappa shape index (κ3) is 14.3. The molecule has 19 heteroatoms. The summed E-state index contributed by atoms with van der Waals surface area (Å²) in [6.45, 7) is 8.21. The lowest BCUT2D eigenvalue weighted by Gasteiger charge is -2.36. The molecule has 0 aromatic heterocycles. The van der Waals surface area contributed by atoms with Gasteiger partial charge < -0.3 is 25.3 Å². The molecule has 0 aromatic carbocycles. The maximum Gasteiger partial charge on any atom is 0.334 e. The molecule has 0 amide bonds. The van der Waals surface area contributed by atoms with Gasteiger partial charge in [-0.3, -0.25) is 0 Å². The first-order chi connectivity index (χ1) is 14.6. The van der Waals surface area contributed by atoms with Gasteiger partial charge in [0.25, 0.3) is 37.1 Å². The van der Waals surface area contributed by atoms with Crippen molar-refractivity contribution in [3.8, 4) is 0 Å². The molecule has 1 fully saturated rings. The van der Waals surface area contributed by atoms with Crippen LogP contribution >= 0.6 is 0 Å². The monoisotopic (exact) mass is 572 g/mol. The molecule has 1 rings (SSSR count). The molecule has 0 unspecified atom stereocenters. The van der Waals surface area contributed by atoms with Gasteiger partial charge in [-0.2, -0.15) is 26.3 Å². The van der Waals surface area contributed by atoms with Crippen molar-refractivity contribution in [3.63, 3.8) is 0 Å². The highest BCUT2D eigenvalue weighted by atomic mass is 28.5. The fraction of sp³-hybridized carbons (Fsp3) is 0.846. The Balaban J connectivity index is 0.00000140. The van der Waals surface area contributed by atoms with Crippen molar-refractivity contribution < 1.29 is 60.4 Å². The summed E-state index contributed by atoms with van der Waals surface area (Å²) in [5, 5.41) is 0. The molecule has 0 saturated carbocycles. The number of alkyl halides is 4. The standard InChI is InChI=1S/C11H28F4O6Si5.C2F4/c1-22-17-23(2)19-25(4)21-26(5,20-24(3)18-22)8-6-7-16-9-11(14,15)10(12)13;3-1(4)2(5)6/h10,22-25H,6-9H2,1-5H3;/t22-,23-,24+,25+;/m1./s1. The van der Waals surface area contributed by atoms with Crippen LogP contribution in [0.1, 0.15) is 6.42 Å². The second-order valence-corrected chi connectivity index (χ2v) is 19.2. The average Bonchev–Trinajstić information content (AvgIpc) is 2.59. The fourth-order valence-corrected chi connectivity index (χ4v) is 20.2. The minimum Gasteiger partial charge on any atom is -0.420 e. The van der Waals surface area contributed by atoms with Crippen LogP contribution < -0.4 is 0 Å². The normalized spacial score (nSPS) is 26.8. The maximum absolute atomic E-state index is 12.8. The van der Waals surface area contributed by atoms with Crippen molar-refractivity contribution in [3.05, 3.63) is 12.2 Å². The van der Waals surface area contributed by atoms with Crippen LogP contribution in [0, 0.1) is 0 Å². The van der Waals surface area contributed by atoms with Gasteiger partial charge in [-0.25, -0.2) is 8.78 Å². The van der Waals surface area contributed by atoms with E-state index in [1.165, 1.54) is 0 Å². The van der Waals surface area contributed by atoms with E-state index >= 15 is 0 Å². The highest BCUT2D eigenvalue weighted by Crippen LogP contribution is 2.24. The number of hydrogen-bond donors (Lipinski definition) is 0. The molecule has 1 saturated heterocycles. The molecule has 1 heterocycles. The first-order valence-corrected chi connectivity index (χ1v) is 20.4. The number of halogens is 8. The van der Waals surface area contributed by atoms with E-state index in [2.05, 4.69) is 0 Å². The molecule has 1 aliphatic heterocycles. The van der Waals surface area contributed by atoms with E-state index < -0.39 is 76.8 Å². The SMILES string of the molecule is C[Si@@H]1O[Si@@H](C)O[Si@H](C)O[Si](C)(CCCOCC(F)(F)C(F)F)O[Si@@H](C)O1.FC(F)=C(F)F. The zero-order valence-electron chi connectivity index (χ0n) is 18.2. The predicted molar refractivity (Wildman–Crippen MR) is 112 cm³/mol. The summed E-state index contributed by atoms with van der Waals surface area (Å²) in [4.78, 5) is 0. The number of ether oxygens (including phenoxy) is 1. The second kappa shape index (κ2) is 15.1. The van der Waals surface area contributed by atoms with Crippen LogP contribution in [0.3, 0.4) is 0 Å². The van der Waals surface area contributed by atoms with Gasteiger partial charge >= 0.3 is 33.1 Å². The first-order valence-electron chi connectivity index (χ1n) is 9.50. The van der Waals surface area contributed by atoms with E-state index in [0.29, 0.717) is 12.5 Å². The summed E-state index contributed by atoms with van der Waals surface area (Å²) < 4.78 is 125. The highest BCUT2D eigenvalue weighted by Gasteiger charge is 2.41. The van der Waals surface area contributed by atoms with Crippen molar-refractivity contribution in [2.45, 2.75) is 57.5 Å². The zero-order valence-corrected chi connectivity index (χ0v) is 23.8. The molecule has 0 aromatic rings. The molecule has 1 aliphatic rings. The summed E-state index contributed by atoms with van der Waals surface area (Å²) in [6.07, 6.45) is -9.17. The third-order valence-electron chi connectivity index (χ3n) is 3.66. The highest BCUT2D eigenvalue weighted by molar-refractivity contribution is 6.80. The van der Waals surface area contributed by atoms with Crippen LogP contribution in [0.2, 0.25) is 38.8 Å². The third-order valence-corrected chi connectivity index (χ3v) is 20.8. The van der Waals surface area contributed by atoms with Crippen LogP contribution in [-0.2, 0) is 25.3 Å². The Morgan fingerprint density at radius 2 is 1.25 bits per heavy atom. The van der Waals surface area contributed by atoms with E-state index in [1.54, 1.807) is 0 Å². The number of hydrogen-bond acceptors (Lipinski definition) is 6. The van der Waals surface area contributed by atoms with E-state index in [1.807, 2.05) is 32.7 Å². The van der Waals surface area contributed by atoms with Crippen molar-refractivity contribution in [1.82, 2.24) is 0 Å². The molecule has 0 N–H and O–H groups in total. The van der Waals surface area contributed by atoms with Gasteiger partial charge in [-0.1, -0.05) is 0 Å². The van der Waals surface area contributed by atoms with E-state index in [-0.39, 0.29) is 6.61 Å². The zero-order chi connectivity index (χ0) is 25.1. The molecular weight excluding hydrogens is 545 g/mol. The summed E-state index contributed by atoms with van der Waals surface area (Å²) in [7, 11) is -10.1. The molecule has 0 aliphatic carbocycles. The minimum atomic E-state index is -4.13. The van der Waals surface area contributed by atoms with Crippen LogP contribution in [0.25, 0.3) is 0 Å². The van der Waals surface area contributed by atoms with Gasteiger partial charge in [0.05, 0.1) is 0 Å². The van der Waals surface area contributed by atoms with E-state index in [4.69, 9.17) is 25.3 Å². The largest absolute Gasteiger partial charge is 0.420 e. The summed E-state index contributed by atoms with van der Waals surface area (Å²) in [5.41, 5.74) is 0. The molecule has 6 nitrogen and oxygen atoms in total. The van der Waals surface area contributed by atoms with Crippen molar-refractivity contribution in [2.24, 2.45) is 0 Å². The van der Waals surface area contributed by atoms with Crippen LogP contribution in [0.15, 0.2) is 12.2 Å². The predicted octanol–water partition coefficient (Wildman–Crippen LogP) is 3.85. The Hall–Kier alpha value is 0.0244. The quantitative estimate of drug-likeness (QED) is 0.263. The van der Waals surface area contributed by atoms with Gasteiger partial charge in [-0.05, 0) is 45.2 Å². The first kappa shape index (κ1) is 32.0. The lowest BCUT2D eigenvalue weighted by molar-refractivity contribution is -0.165. The van der Waals surface area contributed by atoms with Gasteiger partial charge in [0, 0.05) is 6.61 Å². The minimum absolute atomic E-state index is 0.0649. The van der Waals surface area contributed by atoms with Gasteiger partial charge in [0.1, 0.15) is 6.61 Å².